The zero-order valence-electron chi connectivity index (χ0n) is 15.3. The average molecular weight is 415 g/mol. The van der Waals surface area contributed by atoms with Crippen molar-refractivity contribution < 1.29 is 4.79 Å². The predicted octanol–water partition coefficient (Wildman–Crippen LogP) is 5.16. The number of nitrogens with zero attached hydrogens (tertiary/aromatic N) is 3. The minimum atomic E-state index is -0.109. The van der Waals surface area contributed by atoms with Gasteiger partial charge in [0, 0.05) is 24.2 Å². The van der Waals surface area contributed by atoms with Crippen LogP contribution in [0.3, 0.4) is 0 Å². The number of carbonyl (C=O) groups excluding carboxylic acids is 1. The fourth-order valence-corrected chi connectivity index (χ4v) is 3.76. The molecule has 28 heavy (non-hydrogen) atoms. The summed E-state index contributed by atoms with van der Waals surface area (Å²) in [6, 6.07) is 12.9. The van der Waals surface area contributed by atoms with Crippen molar-refractivity contribution in [1.82, 2.24) is 14.8 Å². The first-order chi connectivity index (χ1) is 13.6. The topological polar surface area (TPSA) is 59.8 Å². The summed E-state index contributed by atoms with van der Waals surface area (Å²) in [6.45, 7) is 0.958. The fraction of sp³-hybridized carbons (Fsp3) is 0.286. The van der Waals surface area contributed by atoms with Crippen molar-refractivity contribution in [3.63, 3.8) is 0 Å². The third-order valence-corrected chi connectivity index (χ3v) is 5.62. The van der Waals surface area contributed by atoms with Crippen LogP contribution in [0.25, 0.3) is 11.4 Å². The van der Waals surface area contributed by atoms with E-state index in [2.05, 4.69) is 20.1 Å². The number of aryl methyl sites for hydroxylation is 1. The molecule has 0 atom stereocenters. The molecule has 3 aromatic rings. The molecule has 7 heteroatoms. The van der Waals surface area contributed by atoms with E-state index in [1.807, 2.05) is 24.3 Å². The number of hydrogen-bond acceptors (Lipinski definition) is 3. The predicted molar refractivity (Wildman–Crippen MR) is 112 cm³/mol. The number of halogens is 2. The fourth-order valence-electron chi connectivity index (χ4n) is 3.44. The Morgan fingerprint density at radius 3 is 2.61 bits per heavy atom. The monoisotopic (exact) mass is 414 g/mol. The first-order valence-corrected chi connectivity index (χ1v) is 10.1. The van der Waals surface area contributed by atoms with Crippen molar-refractivity contribution in [3.8, 4) is 11.4 Å². The van der Waals surface area contributed by atoms with Crippen molar-refractivity contribution in [2.24, 2.45) is 0 Å². The minimum absolute atomic E-state index is 0.109. The highest BCUT2D eigenvalue weighted by Crippen LogP contribution is 2.25. The molecular weight excluding hydrogens is 395 g/mol. The van der Waals surface area contributed by atoms with Crippen LogP contribution in [0.15, 0.2) is 42.5 Å². The molecule has 2 heterocycles. The lowest BCUT2D eigenvalue weighted by Crippen LogP contribution is -2.14. The van der Waals surface area contributed by atoms with Gasteiger partial charge in [-0.3, -0.25) is 4.79 Å². The van der Waals surface area contributed by atoms with Crippen molar-refractivity contribution in [2.45, 2.75) is 38.6 Å². The minimum Gasteiger partial charge on any atom is -0.326 e. The number of anilines is 1. The SMILES string of the molecule is O=C(Cc1ccc(Cl)c(Cl)c1)Nc1ccc(-c2nnc3n2CCCCC3)cc1. The number of aromatic nitrogens is 3. The number of fused-ring (bicyclic) bond motifs is 1. The Morgan fingerprint density at radius 2 is 1.82 bits per heavy atom. The summed E-state index contributed by atoms with van der Waals surface area (Å²) in [6.07, 6.45) is 4.77. The van der Waals surface area contributed by atoms with Crippen LogP contribution in [-0.4, -0.2) is 20.7 Å². The zero-order valence-corrected chi connectivity index (χ0v) is 16.8. The number of carbonyl (C=O) groups is 1. The van der Waals surface area contributed by atoms with Crippen LogP contribution in [-0.2, 0) is 24.2 Å². The summed E-state index contributed by atoms with van der Waals surface area (Å²) in [5.41, 5.74) is 2.56. The molecule has 0 aliphatic carbocycles. The number of rotatable bonds is 4. The third kappa shape index (κ3) is 4.21. The number of amides is 1. The Hall–Kier alpha value is -2.37. The number of nitrogens with one attached hydrogen (secondary N) is 1. The van der Waals surface area contributed by atoms with Gasteiger partial charge in [0.2, 0.25) is 5.91 Å². The molecule has 0 radical (unpaired) electrons. The molecule has 1 N–H and O–H groups in total. The van der Waals surface area contributed by atoms with Gasteiger partial charge in [0.25, 0.3) is 0 Å². The largest absolute Gasteiger partial charge is 0.326 e. The van der Waals surface area contributed by atoms with E-state index >= 15 is 0 Å². The van der Waals surface area contributed by atoms with Crippen LogP contribution >= 0.6 is 23.2 Å². The molecule has 0 fully saturated rings. The highest BCUT2D eigenvalue weighted by atomic mass is 35.5. The average Bonchev–Trinajstić information content (AvgIpc) is 2.93. The van der Waals surface area contributed by atoms with E-state index in [1.54, 1.807) is 18.2 Å². The Kier molecular flexibility index (Phi) is 5.64. The maximum Gasteiger partial charge on any atom is 0.228 e. The lowest BCUT2D eigenvalue weighted by molar-refractivity contribution is -0.115. The molecule has 144 valence electrons. The molecule has 1 aliphatic rings. The van der Waals surface area contributed by atoms with E-state index in [0.717, 1.165) is 47.8 Å². The van der Waals surface area contributed by atoms with E-state index in [-0.39, 0.29) is 12.3 Å². The van der Waals surface area contributed by atoms with E-state index in [0.29, 0.717) is 10.0 Å². The van der Waals surface area contributed by atoms with Crippen LogP contribution < -0.4 is 5.32 Å². The second kappa shape index (κ2) is 8.33. The second-order valence-electron chi connectivity index (χ2n) is 6.95. The molecule has 2 aromatic carbocycles. The van der Waals surface area contributed by atoms with Crippen molar-refractivity contribution in [3.05, 3.63) is 63.9 Å². The van der Waals surface area contributed by atoms with Crippen molar-refractivity contribution >= 4 is 34.8 Å². The first kappa shape index (κ1) is 19.0. The second-order valence-corrected chi connectivity index (χ2v) is 7.77. The van der Waals surface area contributed by atoms with Crippen molar-refractivity contribution in [2.75, 3.05) is 5.32 Å². The summed E-state index contributed by atoms with van der Waals surface area (Å²) < 4.78 is 2.21. The summed E-state index contributed by atoms with van der Waals surface area (Å²) in [5.74, 6) is 1.85. The Balaban J connectivity index is 1.44. The van der Waals surface area contributed by atoms with Gasteiger partial charge >= 0.3 is 0 Å². The van der Waals surface area contributed by atoms with Gasteiger partial charge in [0.05, 0.1) is 16.5 Å². The molecule has 1 amide bonds. The van der Waals surface area contributed by atoms with Crippen LogP contribution in [0.2, 0.25) is 10.0 Å². The van der Waals surface area contributed by atoms with Gasteiger partial charge < -0.3 is 9.88 Å². The van der Waals surface area contributed by atoms with Gasteiger partial charge in [0.15, 0.2) is 5.82 Å². The van der Waals surface area contributed by atoms with Gasteiger partial charge in [-0.05, 0) is 54.8 Å². The highest BCUT2D eigenvalue weighted by molar-refractivity contribution is 6.42. The Labute approximate surface area is 173 Å². The first-order valence-electron chi connectivity index (χ1n) is 9.36. The lowest BCUT2D eigenvalue weighted by Gasteiger charge is -2.09. The van der Waals surface area contributed by atoms with Crippen LogP contribution in [0, 0.1) is 0 Å². The molecule has 0 saturated heterocycles. The zero-order chi connectivity index (χ0) is 19.5. The van der Waals surface area contributed by atoms with Crippen LogP contribution in [0.5, 0.6) is 0 Å². The van der Waals surface area contributed by atoms with Gasteiger partial charge in [-0.2, -0.15) is 0 Å². The summed E-state index contributed by atoms with van der Waals surface area (Å²) in [4.78, 5) is 12.3. The molecule has 1 aromatic heterocycles. The molecule has 5 nitrogen and oxygen atoms in total. The lowest BCUT2D eigenvalue weighted by atomic mass is 10.1. The van der Waals surface area contributed by atoms with Crippen LogP contribution in [0.1, 0.15) is 30.7 Å². The molecular formula is C21H20Cl2N4O. The van der Waals surface area contributed by atoms with E-state index < -0.39 is 0 Å². The Morgan fingerprint density at radius 1 is 1.00 bits per heavy atom. The van der Waals surface area contributed by atoms with Crippen LogP contribution in [0.4, 0.5) is 5.69 Å². The van der Waals surface area contributed by atoms with E-state index in [9.17, 15) is 4.79 Å². The maximum absolute atomic E-state index is 12.3. The maximum atomic E-state index is 12.3. The molecule has 1 aliphatic heterocycles. The summed E-state index contributed by atoms with van der Waals surface area (Å²) >= 11 is 11.9. The van der Waals surface area contributed by atoms with Crippen molar-refractivity contribution in [1.29, 1.82) is 0 Å². The standard InChI is InChI=1S/C21H20Cl2N4O/c22-17-10-5-14(12-18(17)23)13-20(28)24-16-8-6-15(7-9-16)21-26-25-19-4-2-1-3-11-27(19)21/h5-10,12H,1-4,11,13H2,(H,24,28). The molecule has 0 bridgehead atoms. The van der Waals surface area contributed by atoms with Gasteiger partial charge in [-0.1, -0.05) is 35.7 Å². The van der Waals surface area contributed by atoms with Gasteiger partial charge in [0.1, 0.15) is 5.82 Å². The molecule has 0 spiro atoms. The van der Waals surface area contributed by atoms with Gasteiger partial charge in [-0.25, -0.2) is 0 Å². The molecule has 0 saturated carbocycles. The number of benzene rings is 2. The Bertz CT molecular complexity index is 998. The quantitative estimate of drug-likeness (QED) is 0.641. The number of hydrogen-bond donors (Lipinski definition) is 1. The third-order valence-electron chi connectivity index (χ3n) is 4.89. The molecule has 4 rings (SSSR count). The normalized spacial score (nSPS) is 13.6. The van der Waals surface area contributed by atoms with E-state index in [1.165, 1.54) is 12.8 Å². The summed E-state index contributed by atoms with van der Waals surface area (Å²) in [5, 5.41) is 12.6. The highest BCUT2D eigenvalue weighted by Gasteiger charge is 2.16. The molecule has 0 unspecified atom stereocenters. The van der Waals surface area contributed by atoms with E-state index in [4.69, 9.17) is 23.2 Å². The smallest absolute Gasteiger partial charge is 0.228 e. The summed E-state index contributed by atoms with van der Waals surface area (Å²) in [7, 11) is 0. The van der Waals surface area contributed by atoms with Gasteiger partial charge in [-0.15, -0.1) is 10.2 Å².